The van der Waals surface area contributed by atoms with Gasteiger partial charge < -0.3 is 29.6 Å². The van der Waals surface area contributed by atoms with Gasteiger partial charge in [-0.3, -0.25) is 19.2 Å². The van der Waals surface area contributed by atoms with E-state index in [0.717, 1.165) is 38.4 Å². The van der Waals surface area contributed by atoms with Gasteiger partial charge in [0.2, 0.25) is 0 Å². The minimum absolute atomic E-state index is 0.0566. The highest BCUT2D eigenvalue weighted by molar-refractivity contribution is 6.09. The number of methoxy groups -OCH3 is 2. The van der Waals surface area contributed by atoms with Crippen LogP contribution in [0.3, 0.4) is 0 Å². The second-order valence-electron chi connectivity index (χ2n) is 14.6. The standard InChI is InChI=1S/2C27H23NO4/c1-31-22-11-7-12-23(17-22)32-26-15-5-3-9-20(26)16-21(29)18-28-27(30)25-14-6-10-19-8-2-4-13-24(19)25;1-31-22-13-15-23(16-14-22)32-26-12-5-3-8-20(26)17-21(29)18-28-27(30)25-11-6-9-19-7-2-4-10-24(19)25/h2-15,17H,16,18H2,1H3,(H,28,30);2-16H,17-18H2,1H3,(H,28,30). The molecule has 0 radical (unpaired) electrons. The van der Waals surface area contributed by atoms with Crippen LogP contribution in [0.2, 0.25) is 0 Å². The molecule has 0 bridgehead atoms. The zero-order valence-electron chi connectivity index (χ0n) is 35.4. The number of hydrogen-bond acceptors (Lipinski definition) is 8. The van der Waals surface area contributed by atoms with Gasteiger partial charge in [-0.2, -0.15) is 0 Å². The molecule has 8 aromatic rings. The fourth-order valence-corrected chi connectivity index (χ4v) is 7.01. The molecule has 8 rings (SSSR count). The van der Waals surface area contributed by atoms with Crippen molar-refractivity contribution in [3.8, 4) is 34.5 Å². The molecule has 0 unspecified atom stereocenters. The van der Waals surface area contributed by atoms with Gasteiger partial charge in [0.25, 0.3) is 11.8 Å². The summed E-state index contributed by atoms with van der Waals surface area (Å²) in [5.41, 5.74) is 2.62. The van der Waals surface area contributed by atoms with E-state index in [9.17, 15) is 19.2 Å². The summed E-state index contributed by atoms with van der Waals surface area (Å²) in [6, 6.07) is 55.7. The van der Waals surface area contributed by atoms with Crippen LogP contribution < -0.4 is 29.6 Å². The minimum Gasteiger partial charge on any atom is -0.497 e. The second-order valence-corrected chi connectivity index (χ2v) is 14.6. The van der Waals surface area contributed by atoms with Crippen molar-refractivity contribution in [2.75, 3.05) is 27.3 Å². The Hall–Kier alpha value is -8.24. The molecule has 0 aliphatic carbocycles. The number of hydrogen-bond donors (Lipinski definition) is 2. The van der Waals surface area contributed by atoms with E-state index >= 15 is 0 Å². The van der Waals surface area contributed by atoms with Crippen LogP contribution in [0.4, 0.5) is 0 Å². The van der Waals surface area contributed by atoms with Crippen LogP contribution >= 0.6 is 0 Å². The van der Waals surface area contributed by atoms with Crippen LogP contribution in [0.25, 0.3) is 21.5 Å². The second kappa shape index (κ2) is 21.5. The number of ketones is 2. The molecule has 10 heteroatoms. The first-order valence-corrected chi connectivity index (χ1v) is 20.6. The number of amides is 2. The molecule has 0 heterocycles. The first-order chi connectivity index (χ1) is 31.3. The summed E-state index contributed by atoms with van der Waals surface area (Å²) in [5, 5.41) is 9.18. The van der Waals surface area contributed by atoms with Gasteiger partial charge in [-0.15, -0.1) is 0 Å². The van der Waals surface area contributed by atoms with Crippen LogP contribution in [-0.2, 0) is 22.4 Å². The maximum atomic E-state index is 12.7. The molecule has 0 aliphatic heterocycles. The van der Waals surface area contributed by atoms with E-state index in [1.807, 2.05) is 164 Å². The number of para-hydroxylation sites is 2. The van der Waals surface area contributed by atoms with E-state index in [1.54, 1.807) is 32.4 Å². The lowest BCUT2D eigenvalue weighted by Crippen LogP contribution is -2.30. The maximum absolute atomic E-state index is 12.7. The Morgan fingerprint density at radius 3 is 1.33 bits per heavy atom. The highest BCUT2D eigenvalue weighted by atomic mass is 16.5. The molecule has 64 heavy (non-hydrogen) atoms. The lowest BCUT2D eigenvalue weighted by molar-refractivity contribution is -0.118. The molecular weight excluding hydrogens is 805 g/mol. The number of benzene rings is 8. The third-order valence-electron chi connectivity index (χ3n) is 10.2. The maximum Gasteiger partial charge on any atom is 0.252 e. The zero-order chi connectivity index (χ0) is 44.7. The van der Waals surface area contributed by atoms with Crippen molar-refractivity contribution in [3.63, 3.8) is 0 Å². The first kappa shape index (κ1) is 43.8. The van der Waals surface area contributed by atoms with Crippen molar-refractivity contribution in [2.24, 2.45) is 0 Å². The predicted octanol–water partition coefficient (Wildman–Crippen LogP) is 10.4. The molecule has 0 atom stereocenters. The summed E-state index contributed by atoms with van der Waals surface area (Å²) in [6.07, 6.45) is 0.304. The molecule has 0 aliphatic rings. The average molecular weight is 851 g/mol. The van der Waals surface area contributed by atoms with Gasteiger partial charge in [0.1, 0.15) is 34.5 Å². The van der Waals surface area contributed by atoms with Crippen molar-refractivity contribution in [1.29, 1.82) is 0 Å². The molecule has 0 fully saturated rings. The van der Waals surface area contributed by atoms with Crippen LogP contribution in [-0.4, -0.2) is 50.7 Å². The normalized spacial score (nSPS) is 10.5. The molecule has 2 amide bonds. The van der Waals surface area contributed by atoms with Crippen LogP contribution in [0.5, 0.6) is 34.5 Å². The Bertz CT molecular complexity index is 2900. The molecule has 0 saturated carbocycles. The highest BCUT2D eigenvalue weighted by Crippen LogP contribution is 2.29. The number of Topliss-reactive ketones (excluding diaryl/α,β-unsaturated/α-hetero) is 2. The summed E-state index contributed by atoms with van der Waals surface area (Å²) >= 11 is 0. The third kappa shape index (κ3) is 11.6. The molecule has 320 valence electrons. The van der Waals surface area contributed by atoms with Gasteiger partial charge in [0, 0.05) is 41.2 Å². The van der Waals surface area contributed by atoms with E-state index in [2.05, 4.69) is 10.6 Å². The Morgan fingerprint density at radius 2 is 0.812 bits per heavy atom. The molecule has 2 N–H and O–H groups in total. The van der Waals surface area contributed by atoms with Gasteiger partial charge in [0.15, 0.2) is 11.6 Å². The number of nitrogens with one attached hydrogen (secondary N) is 2. The Balaban J connectivity index is 0.000000191. The van der Waals surface area contributed by atoms with Gasteiger partial charge >= 0.3 is 0 Å². The number of rotatable bonds is 16. The van der Waals surface area contributed by atoms with Gasteiger partial charge in [-0.25, -0.2) is 0 Å². The quantitative estimate of drug-likeness (QED) is 0.0983. The average Bonchev–Trinajstić information content (AvgIpc) is 3.34. The third-order valence-corrected chi connectivity index (χ3v) is 10.2. The molecule has 8 aromatic carbocycles. The fraction of sp³-hybridized carbons (Fsp3) is 0.111. The first-order valence-electron chi connectivity index (χ1n) is 20.6. The summed E-state index contributed by atoms with van der Waals surface area (Å²) in [7, 11) is 3.20. The molecule has 10 nitrogen and oxygen atoms in total. The Morgan fingerprint density at radius 1 is 0.406 bits per heavy atom. The van der Waals surface area contributed by atoms with E-state index in [0.29, 0.717) is 39.9 Å². The van der Waals surface area contributed by atoms with E-state index in [1.165, 1.54) is 0 Å². The molecular formula is C54H46N2O8. The van der Waals surface area contributed by atoms with Gasteiger partial charge in [-0.05, 0) is 82.2 Å². The van der Waals surface area contributed by atoms with E-state index in [-0.39, 0.29) is 49.3 Å². The fourth-order valence-electron chi connectivity index (χ4n) is 7.01. The summed E-state index contributed by atoms with van der Waals surface area (Å²) in [4.78, 5) is 50.6. The lowest BCUT2D eigenvalue weighted by Gasteiger charge is -2.12. The van der Waals surface area contributed by atoms with Crippen LogP contribution in [0.15, 0.2) is 182 Å². The number of carbonyl (C=O) groups excluding carboxylic acids is 4. The summed E-state index contributed by atoms with van der Waals surface area (Å²) in [5.74, 6) is 3.14. The predicted molar refractivity (Wildman–Crippen MR) is 249 cm³/mol. The summed E-state index contributed by atoms with van der Waals surface area (Å²) in [6.45, 7) is -0.117. The van der Waals surface area contributed by atoms with Crippen molar-refractivity contribution in [3.05, 3.63) is 204 Å². The van der Waals surface area contributed by atoms with Gasteiger partial charge in [0.05, 0.1) is 27.3 Å². The lowest BCUT2D eigenvalue weighted by atomic mass is 10.0. The van der Waals surface area contributed by atoms with Crippen molar-refractivity contribution < 1.29 is 38.1 Å². The summed E-state index contributed by atoms with van der Waals surface area (Å²) < 4.78 is 22.3. The Labute approximate surface area is 371 Å². The van der Waals surface area contributed by atoms with Crippen molar-refractivity contribution >= 4 is 44.9 Å². The zero-order valence-corrected chi connectivity index (χ0v) is 35.4. The molecule has 0 saturated heterocycles. The van der Waals surface area contributed by atoms with Crippen molar-refractivity contribution in [1.82, 2.24) is 10.6 Å². The van der Waals surface area contributed by atoms with Crippen molar-refractivity contribution in [2.45, 2.75) is 12.8 Å². The molecule has 0 spiro atoms. The number of carbonyl (C=O) groups is 4. The largest absolute Gasteiger partial charge is 0.497 e. The van der Waals surface area contributed by atoms with E-state index < -0.39 is 0 Å². The van der Waals surface area contributed by atoms with Gasteiger partial charge in [-0.1, -0.05) is 115 Å². The minimum atomic E-state index is -0.268. The number of fused-ring (bicyclic) bond motifs is 2. The van der Waals surface area contributed by atoms with Crippen LogP contribution in [0, 0.1) is 0 Å². The van der Waals surface area contributed by atoms with E-state index in [4.69, 9.17) is 18.9 Å². The smallest absolute Gasteiger partial charge is 0.252 e. The highest BCUT2D eigenvalue weighted by Gasteiger charge is 2.16. The molecule has 0 aromatic heterocycles. The topological polar surface area (TPSA) is 129 Å². The SMILES string of the molecule is COc1ccc(Oc2ccccc2CC(=O)CNC(=O)c2cccc3ccccc23)cc1.COc1cccc(Oc2ccccc2CC(=O)CNC(=O)c2cccc3ccccc23)c1. The number of ether oxygens (including phenoxy) is 4. The monoisotopic (exact) mass is 850 g/mol. The van der Waals surface area contributed by atoms with Crippen LogP contribution in [0.1, 0.15) is 31.8 Å². The Kier molecular flexibility index (Phi) is 14.7.